The van der Waals surface area contributed by atoms with Gasteiger partial charge in [-0.3, -0.25) is 0 Å². The summed E-state index contributed by atoms with van der Waals surface area (Å²) in [7, 11) is 1.99. The van der Waals surface area contributed by atoms with Crippen LogP contribution in [-0.4, -0.2) is 24.7 Å². The van der Waals surface area contributed by atoms with E-state index in [2.05, 4.69) is 30.2 Å². The molecule has 1 aromatic rings. The highest BCUT2D eigenvalue weighted by Crippen LogP contribution is 2.35. The van der Waals surface area contributed by atoms with E-state index in [-0.39, 0.29) is 12.1 Å². The highest BCUT2D eigenvalue weighted by Gasteiger charge is 2.32. The van der Waals surface area contributed by atoms with Crippen LogP contribution in [0.3, 0.4) is 0 Å². The minimum atomic E-state index is 0.112. The Morgan fingerprint density at radius 1 is 1.38 bits per heavy atom. The van der Waals surface area contributed by atoms with E-state index in [1.165, 1.54) is 32.1 Å². The standard InChI is InChI=1S/C17H29N3O/c1-4-21-16(13-8-6-5-7-9-13)15(19-3)14-10-12(2)11-20-17(14)18/h10-11,13,15-16,19H,4-9H2,1-3H3,(H2,18,20). The molecule has 0 radical (unpaired) electrons. The van der Waals surface area contributed by atoms with Gasteiger partial charge in [0.25, 0.3) is 0 Å². The summed E-state index contributed by atoms with van der Waals surface area (Å²) >= 11 is 0. The van der Waals surface area contributed by atoms with Gasteiger partial charge in [-0.15, -0.1) is 0 Å². The maximum absolute atomic E-state index is 6.14. The summed E-state index contributed by atoms with van der Waals surface area (Å²) in [4.78, 5) is 4.32. The molecule has 3 N–H and O–H groups in total. The smallest absolute Gasteiger partial charge is 0.128 e. The molecule has 1 aliphatic carbocycles. The first-order valence-corrected chi connectivity index (χ1v) is 8.18. The molecule has 2 atom stereocenters. The van der Waals surface area contributed by atoms with E-state index in [9.17, 15) is 0 Å². The Morgan fingerprint density at radius 3 is 2.71 bits per heavy atom. The number of nitrogens with two attached hydrogens (primary N) is 1. The van der Waals surface area contributed by atoms with Gasteiger partial charge in [0.2, 0.25) is 0 Å². The van der Waals surface area contributed by atoms with Gasteiger partial charge in [-0.25, -0.2) is 4.98 Å². The Kier molecular flexibility index (Phi) is 6.00. The van der Waals surface area contributed by atoms with Crippen LogP contribution >= 0.6 is 0 Å². The zero-order valence-corrected chi connectivity index (χ0v) is 13.6. The quantitative estimate of drug-likeness (QED) is 0.845. The van der Waals surface area contributed by atoms with E-state index in [1.54, 1.807) is 0 Å². The number of anilines is 1. The largest absolute Gasteiger partial charge is 0.383 e. The first-order valence-electron chi connectivity index (χ1n) is 8.18. The summed E-state index contributed by atoms with van der Waals surface area (Å²) in [6.45, 7) is 4.86. The number of likely N-dealkylation sites (N-methyl/N-ethyl adjacent to an activating group) is 1. The van der Waals surface area contributed by atoms with Crippen molar-refractivity contribution in [2.75, 3.05) is 19.4 Å². The van der Waals surface area contributed by atoms with Crippen molar-refractivity contribution >= 4 is 5.82 Å². The van der Waals surface area contributed by atoms with Gasteiger partial charge in [0.15, 0.2) is 0 Å². The predicted octanol–water partition coefficient (Wildman–Crippen LogP) is 3.22. The number of rotatable bonds is 6. The number of ether oxygens (including phenoxy) is 1. The average Bonchev–Trinajstić information content (AvgIpc) is 2.51. The van der Waals surface area contributed by atoms with Crippen molar-refractivity contribution in [2.45, 2.75) is 58.1 Å². The van der Waals surface area contributed by atoms with Gasteiger partial charge in [0.1, 0.15) is 5.82 Å². The lowest BCUT2D eigenvalue weighted by atomic mass is 9.81. The summed E-state index contributed by atoms with van der Waals surface area (Å²) in [5, 5.41) is 3.42. The van der Waals surface area contributed by atoms with Crippen molar-refractivity contribution in [3.05, 3.63) is 23.4 Å². The number of hydrogen-bond donors (Lipinski definition) is 2. The predicted molar refractivity (Wildman–Crippen MR) is 87.2 cm³/mol. The molecule has 118 valence electrons. The molecule has 0 aliphatic heterocycles. The van der Waals surface area contributed by atoms with Gasteiger partial charge < -0.3 is 15.8 Å². The van der Waals surface area contributed by atoms with Gasteiger partial charge in [0.05, 0.1) is 12.1 Å². The second kappa shape index (κ2) is 7.76. The molecule has 0 bridgehead atoms. The summed E-state index contributed by atoms with van der Waals surface area (Å²) in [5.41, 5.74) is 8.33. The number of hydrogen-bond acceptors (Lipinski definition) is 4. The first kappa shape index (κ1) is 16.2. The van der Waals surface area contributed by atoms with E-state index in [1.807, 2.05) is 13.2 Å². The topological polar surface area (TPSA) is 60.2 Å². The summed E-state index contributed by atoms with van der Waals surface area (Å²) in [6.07, 6.45) is 8.48. The van der Waals surface area contributed by atoms with Crippen LogP contribution in [-0.2, 0) is 4.74 Å². The monoisotopic (exact) mass is 291 g/mol. The number of pyridine rings is 1. The van der Waals surface area contributed by atoms with Crippen molar-refractivity contribution in [1.82, 2.24) is 10.3 Å². The molecular formula is C17H29N3O. The van der Waals surface area contributed by atoms with Gasteiger partial charge >= 0.3 is 0 Å². The third-order valence-corrected chi connectivity index (χ3v) is 4.53. The molecule has 1 saturated carbocycles. The normalized spacial score (nSPS) is 19.4. The highest BCUT2D eigenvalue weighted by molar-refractivity contribution is 5.43. The van der Waals surface area contributed by atoms with Crippen LogP contribution in [0, 0.1) is 12.8 Å². The fourth-order valence-electron chi connectivity index (χ4n) is 3.51. The second-order valence-electron chi connectivity index (χ2n) is 6.07. The van der Waals surface area contributed by atoms with Crippen LogP contribution in [0.25, 0.3) is 0 Å². The molecule has 0 spiro atoms. The number of aromatic nitrogens is 1. The van der Waals surface area contributed by atoms with Gasteiger partial charge in [-0.05, 0) is 51.3 Å². The molecule has 0 amide bonds. The molecule has 0 saturated heterocycles. The van der Waals surface area contributed by atoms with Gasteiger partial charge in [0, 0.05) is 18.4 Å². The molecule has 4 heteroatoms. The Hall–Kier alpha value is -1.13. The van der Waals surface area contributed by atoms with Crippen LogP contribution in [0.1, 0.15) is 56.2 Å². The molecule has 1 aliphatic rings. The maximum atomic E-state index is 6.14. The van der Waals surface area contributed by atoms with Crippen LogP contribution < -0.4 is 11.1 Å². The van der Waals surface area contributed by atoms with E-state index < -0.39 is 0 Å². The van der Waals surface area contributed by atoms with Crippen molar-refractivity contribution in [1.29, 1.82) is 0 Å². The average molecular weight is 291 g/mol. The Morgan fingerprint density at radius 2 is 2.10 bits per heavy atom. The molecular weight excluding hydrogens is 262 g/mol. The Labute approximate surface area is 128 Å². The lowest BCUT2D eigenvalue weighted by Crippen LogP contribution is -2.39. The van der Waals surface area contributed by atoms with Crippen molar-refractivity contribution in [2.24, 2.45) is 5.92 Å². The lowest BCUT2D eigenvalue weighted by molar-refractivity contribution is -0.0166. The molecule has 0 aromatic carbocycles. The molecule has 2 unspecified atom stereocenters. The highest BCUT2D eigenvalue weighted by atomic mass is 16.5. The van der Waals surface area contributed by atoms with Crippen LogP contribution in [0.4, 0.5) is 5.82 Å². The van der Waals surface area contributed by atoms with E-state index >= 15 is 0 Å². The van der Waals surface area contributed by atoms with Crippen LogP contribution in [0.5, 0.6) is 0 Å². The van der Waals surface area contributed by atoms with E-state index in [4.69, 9.17) is 10.5 Å². The maximum Gasteiger partial charge on any atom is 0.128 e. The van der Waals surface area contributed by atoms with Crippen LogP contribution in [0.2, 0.25) is 0 Å². The van der Waals surface area contributed by atoms with Crippen molar-refractivity contribution in [3.8, 4) is 0 Å². The molecule has 1 fully saturated rings. The summed E-state index contributed by atoms with van der Waals surface area (Å²) < 4.78 is 6.14. The number of nitrogen functional groups attached to an aromatic ring is 1. The Balaban J connectivity index is 2.27. The zero-order chi connectivity index (χ0) is 15.2. The van der Waals surface area contributed by atoms with Crippen molar-refractivity contribution < 1.29 is 4.74 Å². The molecule has 21 heavy (non-hydrogen) atoms. The third kappa shape index (κ3) is 3.95. The number of nitrogens with one attached hydrogen (secondary N) is 1. The summed E-state index contributed by atoms with van der Waals surface area (Å²) in [6, 6.07) is 2.25. The molecule has 2 rings (SSSR count). The number of nitrogens with zero attached hydrogens (tertiary/aromatic N) is 1. The molecule has 1 heterocycles. The molecule has 1 aromatic heterocycles. The molecule has 4 nitrogen and oxygen atoms in total. The third-order valence-electron chi connectivity index (χ3n) is 4.53. The number of aryl methyl sites for hydroxylation is 1. The van der Waals surface area contributed by atoms with Gasteiger partial charge in [-0.2, -0.15) is 0 Å². The van der Waals surface area contributed by atoms with E-state index in [0.717, 1.165) is 17.7 Å². The Bertz CT molecular complexity index is 444. The fraction of sp³-hybridized carbons (Fsp3) is 0.706. The minimum Gasteiger partial charge on any atom is -0.383 e. The zero-order valence-electron chi connectivity index (χ0n) is 13.6. The van der Waals surface area contributed by atoms with Crippen LogP contribution in [0.15, 0.2) is 12.3 Å². The minimum absolute atomic E-state index is 0.112. The SMILES string of the molecule is CCOC(C1CCCCC1)C(NC)c1cc(C)cnc1N. The fourth-order valence-corrected chi connectivity index (χ4v) is 3.51. The lowest BCUT2D eigenvalue weighted by Gasteiger charge is -2.36. The van der Waals surface area contributed by atoms with E-state index in [0.29, 0.717) is 11.7 Å². The second-order valence-corrected chi connectivity index (χ2v) is 6.07. The van der Waals surface area contributed by atoms with Crippen molar-refractivity contribution in [3.63, 3.8) is 0 Å². The first-order chi connectivity index (χ1) is 10.2. The van der Waals surface area contributed by atoms with Gasteiger partial charge in [-0.1, -0.05) is 19.3 Å². The summed E-state index contributed by atoms with van der Waals surface area (Å²) in [5.74, 6) is 1.22.